The molecule has 1 aromatic carbocycles. The highest BCUT2D eigenvalue weighted by Gasteiger charge is 2.10. The highest BCUT2D eigenvalue weighted by Crippen LogP contribution is 2.18. The number of carbonyl (C=O) groups is 1. The van der Waals surface area contributed by atoms with Gasteiger partial charge in [-0.2, -0.15) is 0 Å². The van der Waals surface area contributed by atoms with Gasteiger partial charge in [-0.05, 0) is 37.1 Å². The second-order valence-corrected chi connectivity index (χ2v) is 5.46. The second kappa shape index (κ2) is 5.83. The number of benzene rings is 1. The number of primary sulfonamides is 1. The van der Waals surface area contributed by atoms with Crippen molar-refractivity contribution in [1.82, 2.24) is 5.32 Å². The number of nitrogens with two attached hydrogens (primary N) is 1. The lowest BCUT2D eigenvalue weighted by molar-refractivity contribution is 0.252. The number of hydrogen-bond donors (Lipinski definition) is 3. The van der Waals surface area contributed by atoms with Crippen LogP contribution in [-0.4, -0.2) is 21.0 Å². The summed E-state index contributed by atoms with van der Waals surface area (Å²) in [5.74, 6) is 0. The molecule has 7 heteroatoms. The van der Waals surface area contributed by atoms with E-state index in [0.717, 1.165) is 6.42 Å². The number of nitrogens with one attached hydrogen (secondary N) is 2. The molecule has 0 heterocycles. The monoisotopic (exact) mass is 271 g/mol. The van der Waals surface area contributed by atoms with Gasteiger partial charge in [-0.25, -0.2) is 18.4 Å². The smallest absolute Gasteiger partial charge is 0.319 e. The molecular weight excluding hydrogens is 254 g/mol. The van der Waals surface area contributed by atoms with Gasteiger partial charge in [0.2, 0.25) is 10.0 Å². The number of amides is 2. The maximum absolute atomic E-state index is 11.4. The van der Waals surface area contributed by atoms with E-state index in [1.807, 2.05) is 6.92 Å². The van der Waals surface area contributed by atoms with Crippen molar-refractivity contribution in [2.75, 3.05) is 11.9 Å². The van der Waals surface area contributed by atoms with E-state index >= 15 is 0 Å². The Morgan fingerprint density at radius 2 is 2.06 bits per heavy atom. The summed E-state index contributed by atoms with van der Waals surface area (Å²) in [5.41, 5.74) is 1.18. The van der Waals surface area contributed by atoms with Gasteiger partial charge in [0.05, 0.1) is 4.90 Å². The number of urea groups is 1. The first kappa shape index (κ1) is 14.5. The molecule has 0 aliphatic carbocycles. The Hall–Kier alpha value is -1.60. The molecule has 0 fully saturated rings. The molecule has 0 atom stereocenters. The van der Waals surface area contributed by atoms with E-state index in [-0.39, 0.29) is 10.9 Å². The average Bonchev–Trinajstić information content (AvgIpc) is 2.27. The summed E-state index contributed by atoms with van der Waals surface area (Å²) in [6.45, 7) is 4.23. The summed E-state index contributed by atoms with van der Waals surface area (Å²) in [4.78, 5) is 11.5. The molecule has 0 aliphatic heterocycles. The van der Waals surface area contributed by atoms with Crippen molar-refractivity contribution in [1.29, 1.82) is 0 Å². The zero-order valence-electron chi connectivity index (χ0n) is 10.4. The summed E-state index contributed by atoms with van der Waals surface area (Å²) in [7, 11) is -3.71. The maximum atomic E-state index is 11.4. The molecule has 4 N–H and O–H groups in total. The maximum Gasteiger partial charge on any atom is 0.319 e. The zero-order chi connectivity index (χ0) is 13.8. The van der Waals surface area contributed by atoms with Gasteiger partial charge in [-0.1, -0.05) is 6.92 Å². The minimum atomic E-state index is -3.71. The van der Waals surface area contributed by atoms with Crippen LogP contribution < -0.4 is 15.8 Å². The summed E-state index contributed by atoms with van der Waals surface area (Å²) in [6, 6.07) is 3.98. The SMILES string of the molecule is CCCNC(=O)Nc1ccc(S(N)(=O)=O)cc1C. The van der Waals surface area contributed by atoms with Crippen LogP contribution in [0.2, 0.25) is 0 Å². The van der Waals surface area contributed by atoms with Crippen molar-refractivity contribution in [3.63, 3.8) is 0 Å². The molecule has 18 heavy (non-hydrogen) atoms. The van der Waals surface area contributed by atoms with Crippen molar-refractivity contribution in [2.45, 2.75) is 25.2 Å². The van der Waals surface area contributed by atoms with Gasteiger partial charge >= 0.3 is 6.03 Å². The van der Waals surface area contributed by atoms with E-state index in [1.54, 1.807) is 6.92 Å². The van der Waals surface area contributed by atoms with Crippen molar-refractivity contribution in [2.24, 2.45) is 5.14 Å². The van der Waals surface area contributed by atoms with Crippen molar-refractivity contribution < 1.29 is 13.2 Å². The lowest BCUT2D eigenvalue weighted by atomic mass is 10.2. The first-order valence-corrected chi connectivity index (χ1v) is 7.07. The highest BCUT2D eigenvalue weighted by molar-refractivity contribution is 7.89. The topological polar surface area (TPSA) is 101 Å². The van der Waals surface area contributed by atoms with Crippen LogP contribution in [-0.2, 0) is 10.0 Å². The zero-order valence-corrected chi connectivity index (χ0v) is 11.2. The van der Waals surface area contributed by atoms with Gasteiger partial charge in [0, 0.05) is 12.2 Å². The Morgan fingerprint density at radius 1 is 1.39 bits per heavy atom. The Balaban J connectivity index is 2.84. The van der Waals surface area contributed by atoms with Crippen LogP contribution in [0.3, 0.4) is 0 Å². The summed E-state index contributed by atoms with van der Waals surface area (Å²) in [6.07, 6.45) is 0.844. The third-order valence-corrected chi connectivity index (χ3v) is 3.22. The average molecular weight is 271 g/mol. The normalized spacial score (nSPS) is 11.1. The van der Waals surface area contributed by atoms with E-state index in [2.05, 4.69) is 10.6 Å². The van der Waals surface area contributed by atoms with Crippen LogP contribution in [0.15, 0.2) is 23.1 Å². The number of aryl methyl sites for hydroxylation is 1. The predicted molar refractivity (Wildman–Crippen MR) is 69.9 cm³/mol. The molecule has 0 saturated heterocycles. The van der Waals surface area contributed by atoms with E-state index in [4.69, 9.17) is 5.14 Å². The van der Waals surface area contributed by atoms with E-state index < -0.39 is 10.0 Å². The van der Waals surface area contributed by atoms with Gasteiger partial charge in [0.15, 0.2) is 0 Å². The highest BCUT2D eigenvalue weighted by atomic mass is 32.2. The van der Waals surface area contributed by atoms with Crippen LogP contribution in [0.1, 0.15) is 18.9 Å². The van der Waals surface area contributed by atoms with E-state index in [0.29, 0.717) is 17.8 Å². The van der Waals surface area contributed by atoms with Crippen LogP contribution in [0.4, 0.5) is 10.5 Å². The first-order chi connectivity index (χ1) is 8.34. The molecule has 1 rings (SSSR count). The number of sulfonamides is 1. The predicted octanol–water partition coefficient (Wildman–Crippen LogP) is 1.17. The summed E-state index contributed by atoms with van der Waals surface area (Å²) in [5, 5.41) is 10.3. The fourth-order valence-corrected chi connectivity index (χ4v) is 1.96. The van der Waals surface area contributed by atoms with Gasteiger partial charge in [-0.3, -0.25) is 0 Å². The quantitative estimate of drug-likeness (QED) is 0.766. The molecule has 100 valence electrons. The molecule has 0 spiro atoms. The standard InChI is InChI=1S/C11H17N3O3S/c1-3-6-13-11(15)14-10-5-4-9(7-8(10)2)18(12,16)17/h4-5,7H,3,6H2,1-2H3,(H2,12,16,17)(H2,13,14,15). The lowest BCUT2D eigenvalue weighted by Gasteiger charge is -2.10. The number of anilines is 1. The molecular formula is C11H17N3O3S. The van der Waals surface area contributed by atoms with Crippen LogP contribution in [0.5, 0.6) is 0 Å². The molecule has 0 bridgehead atoms. The molecule has 0 aliphatic rings. The van der Waals surface area contributed by atoms with Gasteiger partial charge in [-0.15, -0.1) is 0 Å². The molecule has 0 radical (unpaired) electrons. The summed E-state index contributed by atoms with van der Waals surface area (Å²) < 4.78 is 22.3. The minimum Gasteiger partial charge on any atom is -0.338 e. The Kier molecular flexibility index (Phi) is 4.69. The molecule has 0 unspecified atom stereocenters. The fraction of sp³-hybridized carbons (Fsp3) is 0.364. The first-order valence-electron chi connectivity index (χ1n) is 5.53. The molecule has 0 aromatic heterocycles. The lowest BCUT2D eigenvalue weighted by Crippen LogP contribution is -2.29. The number of carbonyl (C=O) groups excluding carboxylic acids is 1. The molecule has 6 nitrogen and oxygen atoms in total. The number of hydrogen-bond acceptors (Lipinski definition) is 3. The minimum absolute atomic E-state index is 0.0273. The van der Waals surface area contributed by atoms with E-state index in [9.17, 15) is 13.2 Å². The fourth-order valence-electron chi connectivity index (χ4n) is 1.36. The van der Waals surface area contributed by atoms with Crippen LogP contribution >= 0.6 is 0 Å². The largest absolute Gasteiger partial charge is 0.338 e. The third kappa shape index (κ3) is 4.01. The van der Waals surface area contributed by atoms with Gasteiger partial charge in [0.25, 0.3) is 0 Å². The third-order valence-electron chi connectivity index (χ3n) is 2.31. The van der Waals surface area contributed by atoms with Crippen LogP contribution in [0.25, 0.3) is 0 Å². The Labute approximate surface area is 107 Å². The molecule has 0 saturated carbocycles. The van der Waals surface area contributed by atoms with Gasteiger partial charge in [0.1, 0.15) is 0 Å². The Bertz CT molecular complexity index is 540. The van der Waals surface area contributed by atoms with E-state index in [1.165, 1.54) is 18.2 Å². The second-order valence-electron chi connectivity index (χ2n) is 3.90. The van der Waals surface area contributed by atoms with Crippen molar-refractivity contribution in [3.8, 4) is 0 Å². The number of rotatable bonds is 4. The van der Waals surface area contributed by atoms with Gasteiger partial charge < -0.3 is 10.6 Å². The Morgan fingerprint density at radius 3 is 2.56 bits per heavy atom. The summed E-state index contributed by atoms with van der Waals surface area (Å²) >= 11 is 0. The molecule has 2 amide bonds. The van der Waals surface area contributed by atoms with Crippen molar-refractivity contribution >= 4 is 21.7 Å². The molecule has 1 aromatic rings. The van der Waals surface area contributed by atoms with Crippen molar-refractivity contribution in [3.05, 3.63) is 23.8 Å². The van der Waals surface area contributed by atoms with Crippen LogP contribution in [0, 0.1) is 6.92 Å².